The normalized spacial score (nSPS) is 10.6. The number of benzene rings is 1. The van der Waals surface area contributed by atoms with E-state index in [4.69, 9.17) is 9.26 Å². The van der Waals surface area contributed by atoms with Gasteiger partial charge in [-0.2, -0.15) is 4.98 Å². The summed E-state index contributed by atoms with van der Waals surface area (Å²) in [5.74, 6) is 1.25. The number of aromatic nitrogens is 2. The van der Waals surface area contributed by atoms with E-state index in [2.05, 4.69) is 10.1 Å². The Morgan fingerprint density at radius 1 is 1.32 bits per heavy atom. The van der Waals surface area contributed by atoms with Crippen LogP contribution in [0.15, 0.2) is 51.2 Å². The van der Waals surface area contributed by atoms with E-state index in [0.29, 0.717) is 23.0 Å². The molecule has 0 fully saturated rings. The summed E-state index contributed by atoms with van der Waals surface area (Å²) in [7, 11) is 1.37. The third-order valence-corrected chi connectivity index (χ3v) is 4.78. The zero-order valence-corrected chi connectivity index (χ0v) is 13.3. The summed E-state index contributed by atoms with van der Waals surface area (Å²) in [5, 5.41) is 5.93. The highest BCUT2D eigenvalue weighted by Crippen LogP contribution is 2.28. The fraction of sp³-hybridized carbons (Fsp3) is 0.133. The minimum absolute atomic E-state index is 0.354. The van der Waals surface area contributed by atoms with Crippen molar-refractivity contribution in [3.05, 3.63) is 53.2 Å². The van der Waals surface area contributed by atoms with Crippen LogP contribution in [0, 0.1) is 0 Å². The second kappa shape index (κ2) is 6.76. The maximum atomic E-state index is 11.7. The van der Waals surface area contributed by atoms with E-state index >= 15 is 0 Å². The van der Waals surface area contributed by atoms with Crippen LogP contribution >= 0.6 is 23.1 Å². The van der Waals surface area contributed by atoms with Gasteiger partial charge in [-0.05, 0) is 23.6 Å². The molecule has 2 heterocycles. The van der Waals surface area contributed by atoms with Gasteiger partial charge in [0.15, 0.2) is 0 Å². The van der Waals surface area contributed by atoms with Crippen LogP contribution in [0.2, 0.25) is 0 Å². The van der Waals surface area contributed by atoms with Gasteiger partial charge in [0.05, 0.1) is 23.3 Å². The minimum Gasteiger partial charge on any atom is -0.465 e. The monoisotopic (exact) mass is 332 g/mol. The quantitative estimate of drug-likeness (QED) is 0.522. The zero-order chi connectivity index (χ0) is 15.4. The highest BCUT2D eigenvalue weighted by Gasteiger charge is 2.14. The average Bonchev–Trinajstić information content (AvgIpc) is 3.23. The van der Waals surface area contributed by atoms with Crippen LogP contribution in [0.3, 0.4) is 0 Å². The van der Waals surface area contributed by atoms with Gasteiger partial charge in [0.25, 0.3) is 0 Å². The maximum absolute atomic E-state index is 11.7. The van der Waals surface area contributed by atoms with E-state index in [9.17, 15) is 4.79 Å². The second-order valence-corrected chi connectivity index (χ2v) is 6.23. The summed E-state index contributed by atoms with van der Waals surface area (Å²) in [6, 6.07) is 11.2. The van der Waals surface area contributed by atoms with Gasteiger partial charge in [0, 0.05) is 4.90 Å². The fourth-order valence-corrected chi connectivity index (χ4v) is 3.36. The first-order valence-electron chi connectivity index (χ1n) is 6.44. The molecular weight excluding hydrogens is 320 g/mol. The number of esters is 1. The Morgan fingerprint density at radius 3 is 2.95 bits per heavy atom. The van der Waals surface area contributed by atoms with Gasteiger partial charge in [-0.3, -0.25) is 0 Å². The van der Waals surface area contributed by atoms with Crippen molar-refractivity contribution in [3.63, 3.8) is 0 Å². The topological polar surface area (TPSA) is 65.2 Å². The van der Waals surface area contributed by atoms with Crippen LogP contribution in [-0.4, -0.2) is 23.2 Å². The number of carbonyl (C=O) groups is 1. The molecule has 0 amide bonds. The Hall–Kier alpha value is -2.12. The lowest BCUT2D eigenvalue weighted by atomic mass is 10.2. The Labute approximate surface area is 135 Å². The molecule has 7 heteroatoms. The summed E-state index contributed by atoms with van der Waals surface area (Å²) in [6.07, 6.45) is 0. The van der Waals surface area contributed by atoms with Crippen LogP contribution in [0.5, 0.6) is 0 Å². The number of rotatable bonds is 5. The van der Waals surface area contributed by atoms with Gasteiger partial charge in [-0.15, -0.1) is 23.1 Å². The molecule has 0 bridgehead atoms. The van der Waals surface area contributed by atoms with Crippen LogP contribution in [-0.2, 0) is 10.5 Å². The van der Waals surface area contributed by atoms with Crippen molar-refractivity contribution in [2.75, 3.05) is 7.11 Å². The van der Waals surface area contributed by atoms with E-state index in [0.717, 1.165) is 9.77 Å². The smallest absolute Gasteiger partial charge is 0.338 e. The van der Waals surface area contributed by atoms with E-state index in [1.165, 1.54) is 18.9 Å². The van der Waals surface area contributed by atoms with Crippen molar-refractivity contribution in [2.45, 2.75) is 10.6 Å². The van der Waals surface area contributed by atoms with Crippen LogP contribution in [0.25, 0.3) is 10.7 Å². The molecule has 0 aliphatic rings. The SMILES string of the molecule is COC(=O)c1ccccc1SCc1nc(-c2cccs2)no1. The number of thioether (sulfide) groups is 1. The number of methoxy groups -OCH3 is 1. The number of ether oxygens (including phenoxy) is 1. The van der Waals surface area contributed by atoms with Crippen molar-refractivity contribution < 1.29 is 14.1 Å². The first kappa shape index (κ1) is 14.8. The van der Waals surface area contributed by atoms with Gasteiger partial charge < -0.3 is 9.26 Å². The Morgan fingerprint density at radius 2 is 2.18 bits per heavy atom. The Kier molecular flexibility index (Phi) is 4.55. The van der Waals surface area contributed by atoms with Crippen molar-refractivity contribution in [1.82, 2.24) is 10.1 Å². The molecule has 0 N–H and O–H groups in total. The van der Waals surface area contributed by atoms with Crippen molar-refractivity contribution in [2.24, 2.45) is 0 Å². The van der Waals surface area contributed by atoms with E-state index in [-0.39, 0.29) is 5.97 Å². The fourth-order valence-electron chi connectivity index (χ4n) is 1.83. The third kappa shape index (κ3) is 3.20. The molecule has 0 atom stereocenters. The van der Waals surface area contributed by atoms with Crippen LogP contribution < -0.4 is 0 Å². The maximum Gasteiger partial charge on any atom is 0.338 e. The largest absolute Gasteiger partial charge is 0.465 e. The van der Waals surface area contributed by atoms with Crippen molar-refractivity contribution in [3.8, 4) is 10.7 Å². The van der Waals surface area contributed by atoms with Crippen molar-refractivity contribution in [1.29, 1.82) is 0 Å². The minimum atomic E-state index is -0.354. The van der Waals surface area contributed by atoms with E-state index < -0.39 is 0 Å². The van der Waals surface area contributed by atoms with Gasteiger partial charge in [-0.1, -0.05) is 23.4 Å². The molecule has 112 valence electrons. The van der Waals surface area contributed by atoms with Gasteiger partial charge in [-0.25, -0.2) is 4.79 Å². The zero-order valence-electron chi connectivity index (χ0n) is 11.7. The molecule has 0 spiro atoms. The molecule has 0 saturated carbocycles. The lowest BCUT2D eigenvalue weighted by molar-refractivity contribution is 0.0597. The number of hydrogen-bond donors (Lipinski definition) is 0. The summed E-state index contributed by atoms with van der Waals surface area (Å²) >= 11 is 3.02. The predicted molar refractivity (Wildman–Crippen MR) is 85.0 cm³/mol. The molecule has 0 radical (unpaired) electrons. The molecule has 3 aromatic rings. The molecule has 3 rings (SSSR count). The number of hydrogen-bond acceptors (Lipinski definition) is 7. The Bertz CT molecular complexity index is 769. The van der Waals surface area contributed by atoms with Crippen LogP contribution in [0.4, 0.5) is 0 Å². The van der Waals surface area contributed by atoms with E-state index in [1.54, 1.807) is 23.5 Å². The number of thiophene rings is 1. The summed E-state index contributed by atoms with van der Waals surface area (Å²) < 4.78 is 10.0. The van der Waals surface area contributed by atoms with E-state index in [1.807, 2.05) is 29.6 Å². The lowest BCUT2D eigenvalue weighted by Crippen LogP contribution is -2.02. The molecule has 0 saturated heterocycles. The standard InChI is InChI=1S/C15H12N2O3S2/c1-19-15(18)10-5-2-3-6-11(10)22-9-13-16-14(17-20-13)12-7-4-8-21-12/h2-8H,9H2,1H3. The Balaban J connectivity index is 1.72. The molecule has 2 aromatic heterocycles. The number of nitrogens with zero attached hydrogens (tertiary/aromatic N) is 2. The van der Waals surface area contributed by atoms with Gasteiger partial charge >= 0.3 is 5.97 Å². The summed E-state index contributed by atoms with van der Waals surface area (Å²) in [5.41, 5.74) is 0.535. The molecular formula is C15H12N2O3S2. The molecule has 1 aromatic carbocycles. The van der Waals surface area contributed by atoms with Gasteiger partial charge in [0.2, 0.25) is 11.7 Å². The summed E-state index contributed by atoms with van der Waals surface area (Å²) in [6.45, 7) is 0. The molecule has 0 aliphatic carbocycles. The average molecular weight is 332 g/mol. The molecule has 22 heavy (non-hydrogen) atoms. The molecule has 0 aliphatic heterocycles. The van der Waals surface area contributed by atoms with Gasteiger partial charge in [0.1, 0.15) is 0 Å². The molecule has 0 unspecified atom stereocenters. The second-order valence-electron chi connectivity index (χ2n) is 4.27. The predicted octanol–water partition coefficient (Wildman–Crippen LogP) is 3.88. The lowest BCUT2D eigenvalue weighted by Gasteiger charge is -2.05. The molecule has 5 nitrogen and oxygen atoms in total. The first-order valence-corrected chi connectivity index (χ1v) is 8.31. The highest BCUT2D eigenvalue weighted by molar-refractivity contribution is 7.98. The highest BCUT2D eigenvalue weighted by atomic mass is 32.2. The van der Waals surface area contributed by atoms with Crippen molar-refractivity contribution >= 4 is 29.1 Å². The van der Waals surface area contributed by atoms with Crippen LogP contribution in [0.1, 0.15) is 16.2 Å². The third-order valence-electron chi connectivity index (χ3n) is 2.85. The summed E-state index contributed by atoms with van der Waals surface area (Å²) in [4.78, 5) is 17.9. The first-order chi connectivity index (χ1) is 10.8. The number of carbonyl (C=O) groups excluding carboxylic acids is 1.